The molecule has 0 spiro atoms. The smallest absolute Gasteiger partial charge is 0.151 e. The van der Waals surface area contributed by atoms with Crippen LogP contribution in [0.25, 0.3) is 0 Å². The second-order valence-electron chi connectivity index (χ2n) is 3.43. The first kappa shape index (κ1) is 13.1. The van der Waals surface area contributed by atoms with Gasteiger partial charge in [0.25, 0.3) is 0 Å². The molecule has 5 heteroatoms. The molecular weight excluding hydrogens is 230 g/mol. The number of halogens is 1. The van der Waals surface area contributed by atoms with Crippen LogP contribution in [0, 0.1) is 0 Å². The van der Waals surface area contributed by atoms with E-state index in [0.717, 1.165) is 0 Å². The molecule has 4 nitrogen and oxygen atoms in total. The number of aliphatic hydroxyl groups is 2. The monoisotopic (exact) mass is 243 g/mol. The van der Waals surface area contributed by atoms with Crippen LogP contribution in [0.4, 0.5) is 0 Å². The van der Waals surface area contributed by atoms with Gasteiger partial charge in [-0.05, 0) is 18.7 Å². The van der Waals surface area contributed by atoms with Gasteiger partial charge in [0, 0.05) is 12.1 Å². The second kappa shape index (κ2) is 5.96. The highest BCUT2D eigenvalue weighted by Crippen LogP contribution is 2.25. The minimum absolute atomic E-state index is 0.215. The van der Waals surface area contributed by atoms with E-state index < -0.39 is 12.2 Å². The molecule has 0 aromatic heterocycles. The van der Waals surface area contributed by atoms with Gasteiger partial charge in [-0.25, -0.2) is 0 Å². The maximum Gasteiger partial charge on any atom is 0.151 e. The molecule has 0 heterocycles. The summed E-state index contributed by atoms with van der Waals surface area (Å²) in [5, 5.41) is 22.5. The first-order valence-corrected chi connectivity index (χ1v) is 5.24. The first-order chi connectivity index (χ1) is 7.61. The van der Waals surface area contributed by atoms with E-state index in [1.54, 1.807) is 25.2 Å². The summed E-state index contributed by atoms with van der Waals surface area (Å²) < 4.78 is 0. The maximum absolute atomic E-state index is 10.8. The van der Waals surface area contributed by atoms with Crippen LogP contribution in [-0.4, -0.2) is 36.2 Å². The summed E-state index contributed by atoms with van der Waals surface area (Å²) in [6.07, 6.45) is -1.54. The van der Waals surface area contributed by atoms with Gasteiger partial charge in [-0.3, -0.25) is 4.79 Å². The Hall–Kier alpha value is -0.940. The van der Waals surface area contributed by atoms with Crippen LogP contribution in [0.1, 0.15) is 22.0 Å². The van der Waals surface area contributed by atoms with Crippen molar-refractivity contribution in [3.05, 3.63) is 34.3 Å². The highest BCUT2D eigenvalue weighted by atomic mass is 35.5. The largest absolute Gasteiger partial charge is 0.389 e. The van der Waals surface area contributed by atoms with Gasteiger partial charge in [0.1, 0.15) is 6.10 Å². The number of nitrogens with one attached hydrogen (secondary N) is 1. The van der Waals surface area contributed by atoms with E-state index in [2.05, 4.69) is 5.32 Å². The minimum Gasteiger partial charge on any atom is -0.389 e. The van der Waals surface area contributed by atoms with Gasteiger partial charge in [0.15, 0.2) is 6.29 Å². The fourth-order valence-corrected chi connectivity index (χ4v) is 1.69. The van der Waals surface area contributed by atoms with Crippen molar-refractivity contribution in [2.75, 3.05) is 13.6 Å². The van der Waals surface area contributed by atoms with Crippen molar-refractivity contribution < 1.29 is 15.0 Å². The number of rotatable bonds is 5. The molecule has 16 heavy (non-hydrogen) atoms. The van der Waals surface area contributed by atoms with Gasteiger partial charge in [-0.1, -0.05) is 23.7 Å². The molecule has 1 aromatic carbocycles. The molecular formula is C11H14ClNO3. The Morgan fingerprint density at radius 1 is 1.50 bits per heavy atom. The average Bonchev–Trinajstić information content (AvgIpc) is 2.28. The molecule has 88 valence electrons. The lowest BCUT2D eigenvalue weighted by Gasteiger charge is -2.19. The SMILES string of the molecule is CNCC(O)C(O)c1cccc(Cl)c1C=O. The van der Waals surface area contributed by atoms with E-state index >= 15 is 0 Å². The number of aldehydes is 1. The molecule has 0 fully saturated rings. The number of carbonyl (C=O) groups is 1. The molecule has 0 aliphatic heterocycles. The predicted octanol–water partition coefficient (Wildman–Crippen LogP) is 0.766. The average molecular weight is 244 g/mol. The zero-order valence-corrected chi connectivity index (χ0v) is 9.61. The van der Waals surface area contributed by atoms with Gasteiger partial charge in [0.2, 0.25) is 0 Å². The molecule has 3 N–H and O–H groups in total. The highest BCUT2D eigenvalue weighted by molar-refractivity contribution is 6.33. The molecule has 0 saturated carbocycles. The van der Waals surface area contributed by atoms with Crippen molar-refractivity contribution in [3.63, 3.8) is 0 Å². The quantitative estimate of drug-likeness (QED) is 0.668. The molecule has 2 unspecified atom stereocenters. The van der Waals surface area contributed by atoms with Crippen molar-refractivity contribution in [1.82, 2.24) is 5.32 Å². The van der Waals surface area contributed by atoms with Gasteiger partial charge in [-0.15, -0.1) is 0 Å². The highest BCUT2D eigenvalue weighted by Gasteiger charge is 2.21. The summed E-state index contributed by atoms with van der Waals surface area (Å²) in [7, 11) is 1.66. The van der Waals surface area contributed by atoms with Crippen LogP contribution in [0.15, 0.2) is 18.2 Å². The molecule has 0 amide bonds. The molecule has 1 rings (SSSR count). The molecule has 0 bridgehead atoms. The van der Waals surface area contributed by atoms with Crippen LogP contribution in [-0.2, 0) is 0 Å². The van der Waals surface area contributed by atoms with E-state index in [1.165, 1.54) is 0 Å². The zero-order chi connectivity index (χ0) is 12.1. The fourth-order valence-electron chi connectivity index (χ4n) is 1.46. The number of benzene rings is 1. The van der Waals surface area contributed by atoms with Crippen LogP contribution >= 0.6 is 11.6 Å². The van der Waals surface area contributed by atoms with Gasteiger partial charge >= 0.3 is 0 Å². The standard InChI is InChI=1S/C11H14ClNO3/c1-13-5-10(15)11(16)7-3-2-4-9(12)8(7)6-14/h2-4,6,10-11,13,15-16H,5H2,1H3. The van der Waals surface area contributed by atoms with Crippen molar-refractivity contribution in [2.24, 2.45) is 0 Å². The molecule has 1 aromatic rings. The van der Waals surface area contributed by atoms with Gasteiger partial charge in [-0.2, -0.15) is 0 Å². The van der Waals surface area contributed by atoms with Crippen LogP contribution < -0.4 is 5.32 Å². The summed E-state index contributed by atoms with van der Waals surface area (Å²) >= 11 is 5.82. The Labute approximate surface area is 98.9 Å². The Bertz CT molecular complexity index is 370. The molecule has 0 aliphatic rings. The summed E-state index contributed by atoms with van der Waals surface area (Å²) in [5.41, 5.74) is 0.553. The summed E-state index contributed by atoms with van der Waals surface area (Å²) in [6, 6.07) is 4.76. The van der Waals surface area contributed by atoms with Crippen molar-refractivity contribution >= 4 is 17.9 Å². The Kier molecular flexibility index (Phi) is 4.89. The third kappa shape index (κ3) is 2.80. The second-order valence-corrected chi connectivity index (χ2v) is 3.84. The fraction of sp³-hybridized carbons (Fsp3) is 0.364. The number of aliphatic hydroxyl groups excluding tert-OH is 2. The normalized spacial score (nSPS) is 14.5. The third-order valence-corrected chi connectivity index (χ3v) is 2.63. The predicted molar refractivity (Wildman–Crippen MR) is 61.7 cm³/mol. The van der Waals surface area contributed by atoms with Gasteiger partial charge in [0.05, 0.1) is 11.1 Å². The minimum atomic E-state index is -1.13. The lowest BCUT2D eigenvalue weighted by Crippen LogP contribution is -2.30. The Balaban J connectivity index is 3.03. The zero-order valence-electron chi connectivity index (χ0n) is 8.85. The Morgan fingerprint density at radius 2 is 2.19 bits per heavy atom. The van der Waals surface area contributed by atoms with Gasteiger partial charge < -0.3 is 15.5 Å². The lowest BCUT2D eigenvalue weighted by molar-refractivity contribution is 0.0199. The van der Waals surface area contributed by atoms with E-state index in [1.807, 2.05) is 0 Å². The topological polar surface area (TPSA) is 69.6 Å². The van der Waals surface area contributed by atoms with E-state index in [9.17, 15) is 15.0 Å². The number of carbonyl (C=O) groups excluding carboxylic acids is 1. The number of likely N-dealkylation sites (N-methyl/N-ethyl adjacent to an activating group) is 1. The third-order valence-electron chi connectivity index (χ3n) is 2.30. The summed E-state index contributed by atoms with van der Waals surface area (Å²) in [4.78, 5) is 10.8. The van der Waals surface area contributed by atoms with Crippen LogP contribution in [0.5, 0.6) is 0 Å². The number of hydrogen-bond acceptors (Lipinski definition) is 4. The molecule has 0 saturated heterocycles. The summed E-state index contributed by atoms with van der Waals surface area (Å²) in [6.45, 7) is 0.228. The van der Waals surface area contributed by atoms with Crippen molar-refractivity contribution in [1.29, 1.82) is 0 Å². The molecule has 0 aliphatic carbocycles. The maximum atomic E-state index is 10.8. The first-order valence-electron chi connectivity index (χ1n) is 4.86. The van der Waals surface area contributed by atoms with Crippen LogP contribution in [0.2, 0.25) is 5.02 Å². The summed E-state index contributed by atoms with van der Waals surface area (Å²) in [5.74, 6) is 0. The molecule has 2 atom stereocenters. The Morgan fingerprint density at radius 3 is 2.75 bits per heavy atom. The van der Waals surface area contributed by atoms with Crippen molar-refractivity contribution in [2.45, 2.75) is 12.2 Å². The lowest BCUT2D eigenvalue weighted by atomic mass is 9.99. The molecule has 0 radical (unpaired) electrons. The van der Waals surface area contributed by atoms with E-state index in [4.69, 9.17) is 11.6 Å². The van der Waals surface area contributed by atoms with Crippen LogP contribution in [0.3, 0.4) is 0 Å². The number of hydrogen-bond donors (Lipinski definition) is 3. The van der Waals surface area contributed by atoms with Crippen molar-refractivity contribution in [3.8, 4) is 0 Å². The van der Waals surface area contributed by atoms with E-state index in [-0.39, 0.29) is 17.1 Å². The van der Waals surface area contributed by atoms with E-state index in [0.29, 0.717) is 11.8 Å².